The summed E-state index contributed by atoms with van der Waals surface area (Å²) >= 11 is 0. The van der Waals surface area contributed by atoms with Gasteiger partial charge >= 0.3 is 11.9 Å². The quantitative estimate of drug-likeness (QED) is 0.0369. The third kappa shape index (κ3) is 32.6. The Morgan fingerprint density at radius 2 is 0.897 bits per heavy atom. The Hall–Kier alpha value is -6.09. The number of aliphatic carboxylic acids is 2. The molecule has 0 aromatic carbocycles. The third-order valence-corrected chi connectivity index (χ3v) is 14.0. The number of rotatable bonds is 48. The molecule has 0 rings (SSSR count). The van der Waals surface area contributed by atoms with E-state index in [1.54, 1.807) is 27.7 Å². The molecule has 0 aliphatic heterocycles. The van der Waals surface area contributed by atoms with Crippen molar-refractivity contribution in [3.05, 3.63) is 0 Å². The second-order valence-corrected chi connectivity index (χ2v) is 21.2. The zero-order valence-corrected chi connectivity index (χ0v) is 47.6. The molecule has 0 aliphatic carbocycles. The molecule has 0 spiro atoms. The van der Waals surface area contributed by atoms with Crippen LogP contribution in [0.15, 0.2) is 0 Å². The molecule has 0 aromatic rings. The van der Waals surface area contributed by atoms with E-state index in [0.29, 0.717) is 12.8 Å². The maximum absolute atomic E-state index is 14.0. The topological polar surface area (TPSA) is 375 Å². The van der Waals surface area contributed by atoms with Crippen molar-refractivity contribution < 1.29 is 72.5 Å². The van der Waals surface area contributed by atoms with E-state index in [9.17, 15) is 72.5 Å². The van der Waals surface area contributed by atoms with Crippen molar-refractivity contribution >= 4 is 76.4 Å². The molecular formula is C56H95N7O15. The van der Waals surface area contributed by atoms with Gasteiger partial charge in [0.15, 0.2) is 23.1 Å². The Morgan fingerprint density at radius 1 is 0.449 bits per heavy atom. The lowest BCUT2D eigenvalue weighted by Crippen LogP contribution is -2.50. The molecule has 22 heteroatoms. The molecule has 78 heavy (non-hydrogen) atoms. The van der Waals surface area contributed by atoms with Gasteiger partial charge in [-0.25, -0.2) is 0 Å². The van der Waals surface area contributed by atoms with Crippen molar-refractivity contribution in [1.29, 1.82) is 0 Å². The van der Waals surface area contributed by atoms with Crippen LogP contribution in [0.5, 0.6) is 0 Å². The summed E-state index contributed by atoms with van der Waals surface area (Å²) in [6.07, 6.45) is 10.8. The van der Waals surface area contributed by atoms with Crippen LogP contribution < -0.4 is 38.1 Å². The van der Waals surface area contributed by atoms with Crippen molar-refractivity contribution in [3.63, 3.8) is 0 Å². The SMILES string of the molecule is CCCCCCCCCCCCCCCC(=O)N[C@@H](CC(N)=O)C(=O)NCC(=O)C[C@@H](CCC(=O)O)C(=O)N[C@H](C(=O)C[C@@H](CCC(N)=O)C(=O)N[C@@H](C)C(=O)C[C@@H](CCC(=O)O)C(=O)N[C@H](C(=O)CC)[C@@H](C)CC)C(C)C. The van der Waals surface area contributed by atoms with Crippen molar-refractivity contribution in [1.82, 2.24) is 26.6 Å². The number of hydrogen-bond acceptors (Lipinski definition) is 13. The summed E-state index contributed by atoms with van der Waals surface area (Å²) in [6, 6.07) is -4.85. The molecule has 0 saturated carbocycles. The van der Waals surface area contributed by atoms with E-state index >= 15 is 0 Å². The Bertz CT molecular complexity index is 1980. The lowest BCUT2D eigenvalue weighted by molar-refractivity contribution is -0.139. The number of ketones is 4. The zero-order valence-electron chi connectivity index (χ0n) is 47.6. The smallest absolute Gasteiger partial charge is 0.303 e. The number of carboxylic acids is 2. The third-order valence-electron chi connectivity index (χ3n) is 14.0. The standard InChI is InChI=1S/C56H95N7O15/c1-8-11-12-13-14-15-16-17-18-19-20-21-22-23-48(70)61-42(33-47(58)69)56(78)59-34-41(64)30-38(25-28-49(71)72)54(76)62-51(35(4)5)45(67)32-39(24-27-46(57)68)53(75)60-37(7)44(66)31-40(26-29-50(73)74)55(77)63-52(36(6)9-2)43(65)10-3/h35-40,42,51-52H,8-34H2,1-7H3,(H2,57,68)(H2,58,69)(H,59,78)(H,60,75)(H,61,70)(H,62,76)(H,63,77)(H,71,72)(H,73,74)/t36-,37-,38+,39+,40+,42-,51-,52-/m0/s1. The molecular weight excluding hydrogens is 1010 g/mol. The summed E-state index contributed by atoms with van der Waals surface area (Å²) < 4.78 is 0. The molecule has 444 valence electrons. The van der Waals surface area contributed by atoms with Crippen molar-refractivity contribution in [3.8, 4) is 0 Å². The van der Waals surface area contributed by atoms with Crippen LogP contribution in [0.2, 0.25) is 0 Å². The number of carboxylic acid groups (broad SMARTS) is 2. The fourth-order valence-corrected chi connectivity index (χ4v) is 8.88. The summed E-state index contributed by atoms with van der Waals surface area (Å²) in [4.78, 5) is 167. The van der Waals surface area contributed by atoms with E-state index in [-0.39, 0.29) is 50.2 Å². The van der Waals surface area contributed by atoms with Crippen molar-refractivity contribution in [2.75, 3.05) is 6.54 Å². The highest BCUT2D eigenvalue weighted by Gasteiger charge is 2.35. The van der Waals surface area contributed by atoms with Crippen LogP contribution in [0, 0.1) is 29.6 Å². The zero-order chi connectivity index (χ0) is 59.3. The maximum Gasteiger partial charge on any atom is 0.303 e. The molecule has 0 heterocycles. The highest BCUT2D eigenvalue weighted by atomic mass is 16.4. The first-order chi connectivity index (χ1) is 36.8. The number of nitrogens with one attached hydrogen (secondary N) is 5. The summed E-state index contributed by atoms with van der Waals surface area (Å²) in [7, 11) is 0. The first-order valence-electron chi connectivity index (χ1n) is 28.4. The molecule has 7 amide bonds. The first-order valence-corrected chi connectivity index (χ1v) is 28.4. The highest BCUT2D eigenvalue weighted by Crippen LogP contribution is 2.22. The van der Waals surface area contributed by atoms with Gasteiger partial charge in [0.05, 0.1) is 31.1 Å². The molecule has 0 fully saturated rings. The molecule has 0 radical (unpaired) electrons. The Kier molecular flexibility index (Phi) is 37.8. The number of carbonyl (C=O) groups excluding carboxylic acids is 11. The van der Waals surface area contributed by atoms with Gasteiger partial charge in [-0.3, -0.25) is 62.3 Å². The van der Waals surface area contributed by atoms with Gasteiger partial charge in [0.2, 0.25) is 41.4 Å². The van der Waals surface area contributed by atoms with Crippen LogP contribution in [0.4, 0.5) is 0 Å². The monoisotopic (exact) mass is 1110 g/mol. The second-order valence-electron chi connectivity index (χ2n) is 21.2. The molecule has 8 atom stereocenters. The number of nitrogens with two attached hydrogens (primary N) is 2. The number of primary amides is 2. The lowest BCUT2D eigenvalue weighted by atomic mass is 9.88. The van der Waals surface area contributed by atoms with Gasteiger partial charge < -0.3 is 48.3 Å². The second kappa shape index (κ2) is 41.0. The summed E-state index contributed by atoms with van der Waals surface area (Å²) in [5.41, 5.74) is 10.7. The van der Waals surface area contributed by atoms with E-state index in [4.69, 9.17) is 11.5 Å². The number of Topliss-reactive ketones (excluding diaryl/α,β-unsaturated/α-hetero) is 4. The van der Waals surface area contributed by atoms with Gasteiger partial charge in [-0.1, -0.05) is 125 Å². The fourth-order valence-electron chi connectivity index (χ4n) is 8.88. The Labute approximate surface area is 461 Å². The summed E-state index contributed by atoms with van der Waals surface area (Å²) in [5.74, 6) is -15.0. The van der Waals surface area contributed by atoms with Crippen LogP contribution in [0.1, 0.15) is 215 Å². The predicted octanol–water partition coefficient (Wildman–Crippen LogP) is 4.82. The summed E-state index contributed by atoms with van der Waals surface area (Å²) in [5, 5.41) is 31.4. The number of unbranched alkanes of at least 4 members (excludes halogenated alkanes) is 12. The molecule has 22 nitrogen and oxygen atoms in total. The van der Waals surface area contributed by atoms with Gasteiger partial charge in [-0.2, -0.15) is 0 Å². The molecule has 0 unspecified atom stereocenters. The molecule has 0 saturated heterocycles. The summed E-state index contributed by atoms with van der Waals surface area (Å²) in [6.45, 7) is 11.3. The van der Waals surface area contributed by atoms with E-state index in [1.807, 2.05) is 6.92 Å². The molecule has 0 aliphatic rings. The van der Waals surface area contributed by atoms with Gasteiger partial charge in [-0.05, 0) is 44.4 Å². The van der Waals surface area contributed by atoms with Crippen LogP contribution in [0.25, 0.3) is 0 Å². The van der Waals surface area contributed by atoms with Gasteiger partial charge in [0.1, 0.15) is 6.04 Å². The average Bonchev–Trinajstić information content (AvgIpc) is 3.37. The molecule has 11 N–H and O–H groups in total. The van der Waals surface area contributed by atoms with Gasteiger partial charge in [-0.15, -0.1) is 0 Å². The Balaban J connectivity index is 5.86. The van der Waals surface area contributed by atoms with Gasteiger partial charge in [0.25, 0.3) is 0 Å². The predicted molar refractivity (Wildman–Crippen MR) is 292 cm³/mol. The van der Waals surface area contributed by atoms with Crippen LogP contribution in [-0.4, -0.2) is 117 Å². The number of amides is 7. The van der Waals surface area contributed by atoms with Crippen LogP contribution in [0.3, 0.4) is 0 Å². The number of hydrogen-bond donors (Lipinski definition) is 9. The van der Waals surface area contributed by atoms with Crippen molar-refractivity contribution in [2.24, 2.45) is 41.1 Å². The first kappa shape index (κ1) is 71.9. The lowest BCUT2D eigenvalue weighted by Gasteiger charge is -2.27. The normalized spacial score (nSPS) is 14.3. The highest BCUT2D eigenvalue weighted by molar-refractivity contribution is 5.98. The van der Waals surface area contributed by atoms with Gasteiger partial charge in [0, 0.05) is 69.1 Å². The largest absolute Gasteiger partial charge is 0.481 e. The van der Waals surface area contributed by atoms with E-state index in [0.717, 1.165) is 25.7 Å². The van der Waals surface area contributed by atoms with Crippen molar-refractivity contribution in [2.45, 2.75) is 240 Å². The van der Waals surface area contributed by atoms with E-state index in [1.165, 1.54) is 58.3 Å². The number of carbonyl (C=O) groups is 13. The minimum atomic E-state index is -1.39. The minimum absolute atomic E-state index is 0.104. The molecule has 0 aromatic heterocycles. The fraction of sp³-hybridized carbons (Fsp3) is 0.768. The average molecular weight is 1110 g/mol. The molecule has 0 bridgehead atoms. The Morgan fingerprint density at radius 3 is 1.35 bits per heavy atom. The van der Waals surface area contributed by atoms with E-state index < -0.39 is 164 Å². The maximum atomic E-state index is 14.0. The van der Waals surface area contributed by atoms with Crippen LogP contribution >= 0.6 is 0 Å². The van der Waals surface area contributed by atoms with E-state index in [2.05, 4.69) is 33.5 Å². The minimum Gasteiger partial charge on any atom is -0.481 e. The van der Waals surface area contributed by atoms with Crippen LogP contribution in [-0.2, 0) is 62.3 Å².